The van der Waals surface area contributed by atoms with Crippen LogP contribution in [0.1, 0.15) is 39.4 Å². The molecule has 2 heterocycles. The number of carbonyl (C=O) groups is 2. The second kappa shape index (κ2) is 7.98. The summed E-state index contributed by atoms with van der Waals surface area (Å²) in [5.41, 5.74) is 2.06. The van der Waals surface area contributed by atoms with Gasteiger partial charge in [0.2, 0.25) is 0 Å². The highest BCUT2D eigenvalue weighted by Gasteiger charge is 2.34. The van der Waals surface area contributed by atoms with Gasteiger partial charge in [-0.15, -0.1) is 10.2 Å². The minimum absolute atomic E-state index is 0.187. The van der Waals surface area contributed by atoms with Gasteiger partial charge in [0.25, 0.3) is 11.8 Å². The number of aryl methyl sites for hydroxylation is 1. The first-order valence-electron chi connectivity index (χ1n) is 9.22. The lowest BCUT2D eigenvalue weighted by molar-refractivity contribution is 0.0652. The van der Waals surface area contributed by atoms with E-state index in [4.69, 9.17) is 0 Å². The average Bonchev–Trinajstić information content (AvgIpc) is 3.21. The van der Waals surface area contributed by atoms with Gasteiger partial charge in [0.1, 0.15) is 5.82 Å². The Balaban J connectivity index is 1.31. The summed E-state index contributed by atoms with van der Waals surface area (Å²) in [5.74, 6) is 1.31. The van der Waals surface area contributed by atoms with Crippen LogP contribution in [-0.4, -0.2) is 43.8 Å². The van der Waals surface area contributed by atoms with Gasteiger partial charge in [-0.25, -0.2) is 0 Å². The molecule has 2 amide bonds. The molecule has 0 saturated carbocycles. The normalized spacial score (nSPS) is 13.2. The molecule has 7 heteroatoms. The Morgan fingerprint density at radius 2 is 1.50 bits per heavy atom. The van der Waals surface area contributed by atoms with Crippen LogP contribution in [0.25, 0.3) is 5.69 Å². The summed E-state index contributed by atoms with van der Waals surface area (Å²) < 4.78 is 2.04. The van der Waals surface area contributed by atoms with Crippen molar-refractivity contribution < 1.29 is 9.59 Å². The topological polar surface area (TPSA) is 68.1 Å². The summed E-state index contributed by atoms with van der Waals surface area (Å²) in [6.45, 7) is 2.38. The van der Waals surface area contributed by atoms with Gasteiger partial charge in [0, 0.05) is 18.0 Å². The van der Waals surface area contributed by atoms with E-state index in [2.05, 4.69) is 10.2 Å². The number of rotatable bonds is 7. The van der Waals surface area contributed by atoms with Crippen molar-refractivity contribution in [3.05, 3.63) is 71.5 Å². The fourth-order valence-electron chi connectivity index (χ4n) is 3.29. The third-order valence-corrected chi connectivity index (χ3v) is 5.71. The maximum Gasteiger partial charge on any atom is 0.261 e. The number of fused-ring (bicyclic) bond motifs is 1. The lowest BCUT2D eigenvalue weighted by atomic mass is 10.1. The van der Waals surface area contributed by atoms with Gasteiger partial charge in [-0.05, 0) is 44.0 Å². The quantitative estimate of drug-likeness (QED) is 0.348. The molecule has 0 unspecified atom stereocenters. The molecule has 1 aliphatic rings. The van der Waals surface area contributed by atoms with Crippen LogP contribution in [0, 0.1) is 6.92 Å². The summed E-state index contributed by atoms with van der Waals surface area (Å²) in [7, 11) is 0. The van der Waals surface area contributed by atoms with Gasteiger partial charge < -0.3 is 0 Å². The van der Waals surface area contributed by atoms with E-state index in [0.29, 0.717) is 17.7 Å². The Labute approximate surface area is 167 Å². The first-order valence-corrected chi connectivity index (χ1v) is 10.2. The van der Waals surface area contributed by atoms with Crippen LogP contribution in [0.3, 0.4) is 0 Å². The number of para-hydroxylation sites is 1. The summed E-state index contributed by atoms with van der Waals surface area (Å²) in [6, 6.07) is 17.0. The van der Waals surface area contributed by atoms with Crippen LogP contribution < -0.4 is 0 Å². The Morgan fingerprint density at radius 3 is 2.18 bits per heavy atom. The molecule has 0 fully saturated rings. The maximum atomic E-state index is 12.4. The van der Waals surface area contributed by atoms with Gasteiger partial charge in [0.15, 0.2) is 5.16 Å². The van der Waals surface area contributed by atoms with Gasteiger partial charge in [-0.2, -0.15) is 0 Å². The monoisotopic (exact) mass is 392 g/mol. The molecule has 0 radical (unpaired) electrons. The molecule has 0 atom stereocenters. The predicted octanol–water partition coefficient (Wildman–Crippen LogP) is 3.74. The third kappa shape index (κ3) is 3.45. The van der Waals surface area contributed by atoms with Crippen LogP contribution in [0.2, 0.25) is 0 Å². The van der Waals surface area contributed by atoms with Crippen molar-refractivity contribution in [3.63, 3.8) is 0 Å². The molecule has 1 aliphatic heterocycles. The molecule has 0 saturated heterocycles. The molecule has 1 aromatic heterocycles. The molecule has 0 spiro atoms. The number of hydrogen-bond donors (Lipinski definition) is 0. The first-order chi connectivity index (χ1) is 13.7. The summed E-state index contributed by atoms with van der Waals surface area (Å²) in [6.07, 6.45) is 1.63. The zero-order valence-corrected chi connectivity index (χ0v) is 16.4. The highest BCUT2D eigenvalue weighted by molar-refractivity contribution is 7.99. The molecular formula is C21H20N4O2S. The van der Waals surface area contributed by atoms with E-state index in [1.165, 1.54) is 4.90 Å². The Bertz CT molecular complexity index is 981. The number of benzene rings is 2. The lowest BCUT2D eigenvalue weighted by Crippen LogP contribution is -2.30. The molecular weight excluding hydrogens is 372 g/mol. The standard InChI is InChI=1S/C21H20N4O2S/c1-15-22-23-21(25(15)16-9-3-2-4-10-16)28-14-8-7-13-24-19(26)17-11-5-6-12-18(17)20(24)27/h2-6,9-12H,7-8,13-14H2,1H3. The SMILES string of the molecule is Cc1nnc(SCCCCN2C(=O)c3ccccc3C2=O)n1-c1ccccc1. The van der Waals surface area contributed by atoms with Crippen LogP contribution in [0.15, 0.2) is 59.8 Å². The van der Waals surface area contributed by atoms with Crippen molar-refractivity contribution in [1.82, 2.24) is 19.7 Å². The van der Waals surface area contributed by atoms with E-state index in [9.17, 15) is 9.59 Å². The van der Waals surface area contributed by atoms with Gasteiger partial charge in [-0.3, -0.25) is 19.1 Å². The third-order valence-electron chi connectivity index (χ3n) is 4.69. The lowest BCUT2D eigenvalue weighted by Gasteiger charge is -2.13. The zero-order valence-electron chi connectivity index (χ0n) is 15.5. The van der Waals surface area contributed by atoms with Crippen LogP contribution >= 0.6 is 11.8 Å². The predicted molar refractivity (Wildman–Crippen MR) is 108 cm³/mol. The van der Waals surface area contributed by atoms with Crippen LogP contribution in [-0.2, 0) is 0 Å². The summed E-state index contributed by atoms with van der Waals surface area (Å²) >= 11 is 1.64. The van der Waals surface area contributed by atoms with E-state index in [-0.39, 0.29) is 11.8 Å². The number of hydrogen-bond acceptors (Lipinski definition) is 5. The number of unbranched alkanes of at least 4 members (excludes halogenated alkanes) is 1. The molecule has 142 valence electrons. The maximum absolute atomic E-state index is 12.4. The molecule has 2 aromatic carbocycles. The number of carbonyl (C=O) groups excluding carboxylic acids is 2. The van der Waals surface area contributed by atoms with E-state index < -0.39 is 0 Å². The number of aromatic nitrogens is 3. The Morgan fingerprint density at radius 1 is 0.857 bits per heavy atom. The van der Waals surface area contributed by atoms with Crippen molar-refractivity contribution in [2.45, 2.75) is 24.9 Å². The van der Waals surface area contributed by atoms with Gasteiger partial charge in [-0.1, -0.05) is 42.1 Å². The number of nitrogens with zero attached hydrogens (tertiary/aromatic N) is 4. The van der Waals surface area contributed by atoms with Crippen LogP contribution in [0.5, 0.6) is 0 Å². The minimum Gasteiger partial charge on any atom is -0.274 e. The molecule has 4 rings (SSSR count). The highest BCUT2D eigenvalue weighted by atomic mass is 32.2. The molecule has 0 aliphatic carbocycles. The van der Waals surface area contributed by atoms with Crippen molar-refractivity contribution >= 4 is 23.6 Å². The Kier molecular flexibility index (Phi) is 5.25. The van der Waals surface area contributed by atoms with E-state index in [1.54, 1.807) is 36.0 Å². The van der Waals surface area contributed by atoms with Crippen molar-refractivity contribution in [1.29, 1.82) is 0 Å². The summed E-state index contributed by atoms with van der Waals surface area (Å²) in [4.78, 5) is 26.1. The van der Waals surface area contributed by atoms with Gasteiger partial charge in [0.05, 0.1) is 11.1 Å². The van der Waals surface area contributed by atoms with Crippen molar-refractivity contribution in [2.24, 2.45) is 0 Å². The zero-order chi connectivity index (χ0) is 19.5. The second-order valence-electron chi connectivity index (χ2n) is 6.56. The second-order valence-corrected chi connectivity index (χ2v) is 7.63. The summed E-state index contributed by atoms with van der Waals surface area (Å²) in [5, 5.41) is 9.32. The molecule has 3 aromatic rings. The number of amides is 2. The van der Waals surface area contributed by atoms with Crippen LogP contribution in [0.4, 0.5) is 0 Å². The number of thioether (sulfide) groups is 1. The highest BCUT2D eigenvalue weighted by Crippen LogP contribution is 2.24. The number of imide groups is 1. The Hall–Kier alpha value is -2.93. The fraction of sp³-hybridized carbons (Fsp3) is 0.238. The van der Waals surface area contributed by atoms with Crippen molar-refractivity contribution in [2.75, 3.05) is 12.3 Å². The van der Waals surface area contributed by atoms with E-state index in [0.717, 1.165) is 35.3 Å². The average molecular weight is 392 g/mol. The first kappa shape index (κ1) is 18.4. The van der Waals surface area contributed by atoms with E-state index in [1.807, 2.05) is 41.8 Å². The van der Waals surface area contributed by atoms with Crippen molar-refractivity contribution in [3.8, 4) is 5.69 Å². The minimum atomic E-state index is -0.187. The molecule has 0 N–H and O–H groups in total. The smallest absolute Gasteiger partial charge is 0.261 e. The largest absolute Gasteiger partial charge is 0.274 e. The molecule has 28 heavy (non-hydrogen) atoms. The fourth-order valence-corrected chi connectivity index (χ4v) is 4.28. The van der Waals surface area contributed by atoms with Gasteiger partial charge >= 0.3 is 0 Å². The molecule has 0 bridgehead atoms. The molecule has 6 nitrogen and oxygen atoms in total. The van der Waals surface area contributed by atoms with E-state index >= 15 is 0 Å².